The molecule has 4 rings (SSSR count). The number of benzene rings is 2. The highest BCUT2D eigenvalue weighted by atomic mass is 15.2. The van der Waals surface area contributed by atoms with E-state index in [4.69, 9.17) is 4.98 Å². The monoisotopic (exact) mass is 377 g/mol. The zero-order chi connectivity index (χ0) is 19.3. The molecule has 3 aromatic rings. The fourth-order valence-electron chi connectivity index (χ4n) is 3.95. The van der Waals surface area contributed by atoms with Crippen LogP contribution in [0, 0.1) is 0 Å². The number of para-hydroxylation sites is 2. The van der Waals surface area contributed by atoms with Crippen LogP contribution >= 0.6 is 0 Å². The van der Waals surface area contributed by atoms with Gasteiger partial charge in [-0.15, -0.1) is 0 Å². The predicted octanol–water partition coefficient (Wildman–Crippen LogP) is 4.20. The van der Waals surface area contributed by atoms with Crippen molar-refractivity contribution >= 4 is 22.7 Å². The van der Waals surface area contributed by atoms with Gasteiger partial charge in [0.1, 0.15) is 0 Å². The van der Waals surface area contributed by atoms with Crippen LogP contribution in [0.2, 0.25) is 0 Å². The number of rotatable bonds is 7. The molecule has 0 unspecified atom stereocenters. The number of anilines is 2. The average molecular weight is 378 g/mol. The minimum atomic E-state index is 0.779. The Morgan fingerprint density at radius 3 is 2.43 bits per heavy atom. The van der Waals surface area contributed by atoms with Crippen molar-refractivity contribution in [1.29, 1.82) is 0 Å². The van der Waals surface area contributed by atoms with Crippen molar-refractivity contribution in [2.24, 2.45) is 0 Å². The second-order valence-electron chi connectivity index (χ2n) is 7.89. The van der Waals surface area contributed by atoms with E-state index in [1.165, 1.54) is 49.1 Å². The maximum absolute atomic E-state index is 4.86. The average Bonchev–Trinajstić information content (AvgIpc) is 3.09. The highest BCUT2D eigenvalue weighted by molar-refractivity contribution is 5.78. The van der Waals surface area contributed by atoms with E-state index >= 15 is 0 Å². The van der Waals surface area contributed by atoms with Gasteiger partial charge in [0.15, 0.2) is 0 Å². The lowest BCUT2D eigenvalue weighted by Gasteiger charge is -2.26. The van der Waals surface area contributed by atoms with Gasteiger partial charge in [-0.05, 0) is 55.8 Å². The van der Waals surface area contributed by atoms with Crippen LogP contribution in [0.3, 0.4) is 0 Å². The molecule has 1 N–H and O–H groups in total. The van der Waals surface area contributed by atoms with Gasteiger partial charge in [-0.3, -0.25) is 0 Å². The van der Waals surface area contributed by atoms with Crippen LogP contribution < -0.4 is 10.2 Å². The van der Waals surface area contributed by atoms with Gasteiger partial charge in [0, 0.05) is 39.4 Å². The molecule has 148 valence electrons. The molecule has 0 spiro atoms. The van der Waals surface area contributed by atoms with Gasteiger partial charge in [-0.2, -0.15) is 0 Å². The summed E-state index contributed by atoms with van der Waals surface area (Å²) >= 11 is 0. The maximum atomic E-state index is 4.86. The van der Waals surface area contributed by atoms with E-state index < -0.39 is 0 Å². The molecule has 0 radical (unpaired) electrons. The molecule has 0 atom stereocenters. The van der Waals surface area contributed by atoms with Crippen LogP contribution in [-0.4, -0.2) is 48.2 Å². The Hall–Kier alpha value is -2.53. The Labute approximate surface area is 168 Å². The zero-order valence-electron chi connectivity index (χ0n) is 17.1. The fraction of sp³-hybridized carbons (Fsp3) is 0.435. The van der Waals surface area contributed by atoms with Crippen LogP contribution in [0.1, 0.15) is 24.8 Å². The van der Waals surface area contributed by atoms with E-state index in [1.54, 1.807) is 0 Å². The number of hydrogen-bond acceptors (Lipinski definition) is 4. The van der Waals surface area contributed by atoms with E-state index in [1.807, 2.05) is 0 Å². The largest absolute Gasteiger partial charge is 0.378 e. The quantitative estimate of drug-likeness (QED) is 0.669. The summed E-state index contributed by atoms with van der Waals surface area (Å²) in [5, 5.41) is 3.58. The number of nitrogens with zero attached hydrogens (tertiary/aromatic N) is 4. The molecule has 0 amide bonds. The summed E-state index contributed by atoms with van der Waals surface area (Å²) < 4.78 is 2.35. The Balaban J connectivity index is 1.49. The molecule has 0 aliphatic carbocycles. The third-order valence-corrected chi connectivity index (χ3v) is 5.65. The Kier molecular flexibility index (Phi) is 5.81. The molecular weight excluding hydrogens is 346 g/mol. The molecule has 1 fully saturated rings. The smallest absolute Gasteiger partial charge is 0.204 e. The molecule has 1 aromatic heterocycles. The van der Waals surface area contributed by atoms with Gasteiger partial charge in [-0.1, -0.05) is 30.7 Å². The summed E-state index contributed by atoms with van der Waals surface area (Å²) in [6.07, 6.45) is 4.04. The summed E-state index contributed by atoms with van der Waals surface area (Å²) in [5.74, 6) is 0.967. The van der Waals surface area contributed by atoms with Gasteiger partial charge in [0.2, 0.25) is 5.95 Å². The Morgan fingerprint density at radius 1 is 0.929 bits per heavy atom. The zero-order valence-corrected chi connectivity index (χ0v) is 17.1. The van der Waals surface area contributed by atoms with Gasteiger partial charge in [0.25, 0.3) is 0 Å². The molecule has 28 heavy (non-hydrogen) atoms. The first-order chi connectivity index (χ1) is 13.7. The number of nitrogens with one attached hydrogen (secondary N) is 1. The van der Waals surface area contributed by atoms with Crippen LogP contribution in [0.15, 0.2) is 48.5 Å². The molecule has 1 saturated heterocycles. The summed E-state index contributed by atoms with van der Waals surface area (Å²) in [6.45, 7) is 5.30. The van der Waals surface area contributed by atoms with Crippen LogP contribution in [0.5, 0.6) is 0 Å². The van der Waals surface area contributed by atoms with E-state index in [2.05, 4.69) is 82.3 Å². The Morgan fingerprint density at radius 2 is 1.68 bits per heavy atom. The van der Waals surface area contributed by atoms with E-state index in [0.717, 1.165) is 31.1 Å². The molecule has 5 heteroatoms. The predicted molar refractivity (Wildman–Crippen MR) is 118 cm³/mol. The SMILES string of the molecule is CN(C)c1ccc(CNc2nc3ccccc3n2CCN2CCCCC2)cc1. The molecule has 2 heterocycles. The number of imidazole rings is 1. The van der Waals surface area contributed by atoms with E-state index in [-0.39, 0.29) is 0 Å². The summed E-state index contributed by atoms with van der Waals surface area (Å²) in [6, 6.07) is 17.1. The van der Waals surface area contributed by atoms with Crippen molar-refractivity contribution in [2.45, 2.75) is 32.4 Å². The van der Waals surface area contributed by atoms with Gasteiger partial charge < -0.3 is 19.7 Å². The van der Waals surface area contributed by atoms with E-state index in [9.17, 15) is 0 Å². The summed E-state index contributed by atoms with van der Waals surface area (Å²) in [4.78, 5) is 9.57. The summed E-state index contributed by atoms with van der Waals surface area (Å²) in [7, 11) is 4.13. The van der Waals surface area contributed by atoms with Crippen molar-refractivity contribution in [1.82, 2.24) is 14.5 Å². The Bertz CT molecular complexity index is 891. The number of hydrogen-bond donors (Lipinski definition) is 1. The third-order valence-electron chi connectivity index (χ3n) is 5.65. The second kappa shape index (κ2) is 8.65. The maximum Gasteiger partial charge on any atom is 0.204 e. The van der Waals surface area contributed by atoms with Crippen molar-refractivity contribution in [3.8, 4) is 0 Å². The van der Waals surface area contributed by atoms with Gasteiger partial charge in [0.05, 0.1) is 11.0 Å². The number of likely N-dealkylation sites (tertiary alicyclic amines) is 1. The highest BCUT2D eigenvalue weighted by Crippen LogP contribution is 2.21. The van der Waals surface area contributed by atoms with Gasteiger partial charge in [-0.25, -0.2) is 4.98 Å². The molecule has 0 bridgehead atoms. The van der Waals surface area contributed by atoms with Crippen LogP contribution in [-0.2, 0) is 13.1 Å². The fourth-order valence-corrected chi connectivity index (χ4v) is 3.95. The first kappa shape index (κ1) is 18.8. The van der Waals surface area contributed by atoms with Crippen LogP contribution in [0.25, 0.3) is 11.0 Å². The summed E-state index contributed by atoms with van der Waals surface area (Å²) in [5.41, 5.74) is 4.76. The minimum absolute atomic E-state index is 0.779. The van der Waals surface area contributed by atoms with Crippen molar-refractivity contribution in [3.05, 3.63) is 54.1 Å². The standard InChI is InChI=1S/C23H31N5/c1-26(2)20-12-10-19(11-13-20)18-24-23-25-21-8-4-5-9-22(21)28(23)17-16-27-14-6-3-7-15-27/h4-5,8-13H,3,6-7,14-18H2,1-2H3,(H,24,25). The number of aromatic nitrogens is 2. The normalized spacial score (nSPS) is 15.1. The minimum Gasteiger partial charge on any atom is -0.378 e. The van der Waals surface area contributed by atoms with Gasteiger partial charge >= 0.3 is 0 Å². The lowest BCUT2D eigenvalue weighted by molar-refractivity contribution is 0.222. The second-order valence-corrected chi connectivity index (χ2v) is 7.89. The van der Waals surface area contributed by atoms with Crippen molar-refractivity contribution < 1.29 is 0 Å². The molecule has 1 aliphatic heterocycles. The number of fused-ring (bicyclic) bond motifs is 1. The van der Waals surface area contributed by atoms with Crippen molar-refractivity contribution in [3.63, 3.8) is 0 Å². The van der Waals surface area contributed by atoms with Crippen LogP contribution in [0.4, 0.5) is 11.6 Å². The molecule has 2 aromatic carbocycles. The first-order valence-corrected chi connectivity index (χ1v) is 10.4. The number of piperidine rings is 1. The van der Waals surface area contributed by atoms with Crippen molar-refractivity contribution in [2.75, 3.05) is 43.9 Å². The third kappa shape index (κ3) is 4.30. The molecule has 0 saturated carbocycles. The lowest BCUT2D eigenvalue weighted by Crippen LogP contribution is -2.32. The molecule has 5 nitrogen and oxygen atoms in total. The first-order valence-electron chi connectivity index (χ1n) is 10.4. The molecule has 1 aliphatic rings. The lowest BCUT2D eigenvalue weighted by atomic mass is 10.1. The van der Waals surface area contributed by atoms with E-state index in [0.29, 0.717) is 0 Å². The topological polar surface area (TPSA) is 36.3 Å². The highest BCUT2D eigenvalue weighted by Gasteiger charge is 2.14. The molecular formula is C23H31N5.